The van der Waals surface area contributed by atoms with Gasteiger partial charge in [-0.2, -0.15) is 0 Å². The van der Waals surface area contributed by atoms with Gasteiger partial charge < -0.3 is 14.1 Å². The van der Waals surface area contributed by atoms with Crippen molar-refractivity contribution in [3.63, 3.8) is 0 Å². The van der Waals surface area contributed by atoms with Crippen molar-refractivity contribution in [3.05, 3.63) is 47.7 Å². The number of hydrogen-bond donors (Lipinski definition) is 0. The maximum absolute atomic E-state index is 5.46. The highest BCUT2D eigenvalue weighted by Crippen LogP contribution is 2.26. The number of rotatable bonds is 6. The van der Waals surface area contributed by atoms with Crippen LogP contribution >= 0.6 is 11.8 Å². The Morgan fingerprint density at radius 1 is 1.04 bits per heavy atom. The lowest BCUT2D eigenvalue weighted by molar-refractivity contribution is 0.121. The second kappa shape index (κ2) is 7.88. The van der Waals surface area contributed by atoms with E-state index in [1.165, 1.54) is 5.56 Å². The molecule has 1 saturated heterocycles. The van der Waals surface area contributed by atoms with E-state index < -0.39 is 0 Å². The quantitative estimate of drug-likeness (QED) is 0.609. The molecular formula is C17H20N6O2S. The Bertz CT molecular complexity index is 844. The number of nitrogens with zero attached hydrogens (tertiary/aromatic N) is 6. The molecule has 1 fully saturated rings. The monoisotopic (exact) mass is 372 g/mol. The van der Waals surface area contributed by atoms with Crippen LogP contribution < -0.4 is 4.90 Å². The number of thioether (sulfide) groups is 1. The zero-order chi connectivity index (χ0) is 17.8. The topological polar surface area (TPSA) is 82.1 Å². The molecule has 0 aliphatic carbocycles. The van der Waals surface area contributed by atoms with Crippen LogP contribution in [0.4, 0.5) is 5.95 Å². The summed E-state index contributed by atoms with van der Waals surface area (Å²) in [5.74, 6) is 2.60. The van der Waals surface area contributed by atoms with E-state index in [1.54, 1.807) is 18.7 Å². The van der Waals surface area contributed by atoms with Crippen molar-refractivity contribution in [1.82, 2.24) is 25.0 Å². The Balaban J connectivity index is 1.58. The summed E-state index contributed by atoms with van der Waals surface area (Å²) in [7, 11) is 0. The van der Waals surface area contributed by atoms with Gasteiger partial charge in [0, 0.05) is 20.0 Å². The van der Waals surface area contributed by atoms with Crippen molar-refractivity contribution < 1.29 is 9.15 Å². The Labute approximate surface area is 155 Å². The highest BCUT2D eigenvalue weighted by molar-refractivity contribution is 7.98. The van der Waals surface area contributed by atoms with Crippen molar-refractivity contribution in [2.75, 3.05) is 31.2 Å². The molecule has 0 unspecified atom stereocenters. The van der Waals surface area contributed by atoms with Crippen LogP contribution in [0, 0.1) is 6.92 Å². The van der Waals surface area contributed by atoms with Gasteiger partial charge in [0.25, 0.3) is 0 Å². The van der Waals surface area contributed by atoms with Crippen LogP contribution in [-0.2, 0) is 17.0 Å². The second-order valence-electron chi connectivity index (χ2n) is 5.96. The molecule has 26 heavy (non-hydrogen) atoms. The van der Waals surface area contributed by atoms with Gasteiger partial charge in [0.1, 0.15) is 0 Å². The highest BCUT2D eigenvalue weighted by Gasteiger charge is 2.21. The van der Waals surface area contributed by atoms with Crippen molar-refractivity contribution in [2.45, 2.75) is 24.4 Å². The summed E-state index contributed by atoms with van der Waals surface area (Å²) in [6.45, 7) is 5.56. The molecule has 0 saturated carbocycles. The molecule has 0 amide bonds. The summed E-state index contributed by atoms with van der Waals surface area (Å²) in [5, 5.41) is 17.6. The van der Waals surface area contributed by atoms with E-state index in [9.17, 15) is 0 Å². The smallest absolute Gasteiger partial charge is 0.228 e. The molecule has 3 heterocycles. The fraction of sp³-hybridized carbons (Fsp3) is 0.412. The lowest BCUT2D eigenvalue weighted by atomic mass is 10.2. The van der Waals surface area contributed by atoms with Crippen molar-refractivity contribution in [2.24, 2.45) is 0 Å². The zero-order valence-electron chi connectivity index (χ0n) is 14.5. The fourth-order valence-electron chi connectivity index (χ4n) is 2.81. The number of aryl methyl sites for hydroxylation is 1. The second-order valence-corrected chi connectivity index (χ2v) is 6.90. The minimum Gasteiger partial charge on any atom is -0.425 e. The first-order valence-electron chi connectivity index (χ1n) is 8.51. The summed E-state index contributed by atoms with van der Waals surface area (Å²) >= 11 is 1.55. The molecule has 136 valence electrons. The van der Waals surface area contributed by atoms with Gasteiger partial charge >= 0.3 is 0 Å². The third-order valence-electron chi connectivity index (χ3n) is 4.07. The number of ether oxygens (including phenoxy) is 1. The Hall–Kier alpha value is -2.39. The molecule has 1 aliphatic rings. The average Bonchev–Trinajstić information content (AvgIpc) is 3.28. The maximum atomic E-state index is 5.46. The van der Waals surface area contributed by atoms with Crippen molar-refractivity contribution in [1.29, 1.82) is 0 Å². The maximum Gasteiger partial charge on any atom is 0.228 e. The van der Waals surface area contributed by atoms with E-state index in [2.05, 4.69) is 42.0 Å². The number of morpholine rings is 1. The summed E-state index contributed by atoms with van der Waals surface area (Å²) in [6.07, 6.45) is 0. The standard InChI is InChI=1S/C17H20N6O2S/c1-13-18-19-15(25-13)12-26-17-21-20-16(22-7-9-24-10-8-22)23(17)11-14-5-3-2-4-6-14/h2-6H,7-12H2,1H3. The average molecular weight is 372 g/mol. The summed E-state index contributed by atoms with van der Waals surface area (Å²) in [4.78, 5) is 2.22. The number of aromatic nitrogens is 5. The van der Waals surface area contributed by atoms with Crippen LogP contribution in [0.5, 0.6) is 0 Å². The third-order valence-corrected chi connectivity index (χ3v) is 5.02. The van der Waals surface area contributed by atoms with E-state index in [-0.39, 0.29) is 0 Å². The van der Waals surface area contributed by atoms with Crippen LogP contribution in [0.15, 0.2) is 39.9 Å². The molecule has 0 N–H and O–H groups in total. The van der Waals surface area contributed by atoms with Crippen molar-refractivity contribution >= 4 is 17.7 Å². The van der Waals surface area contributed by atoms with Gasteiger partial charge in [0.05, 0.1) is 25.5 Å². The molecule has 1 aliphatic heterocycles. The van der Waals surface area contributed by atoms with Gasteiger partial charge in [-0.15, -0.1) is 20.4 Å². The normalized spacial score (nSPS) is 14.7. The van der Waals surface area contributed by atoms with E-state index in [1.807, 2.05) is 18.2 Å². The van der Waals surface area contributed by atoms with E-state index in [0.29, 0.717) is 37.3 Å². The molecule has 0 radical (unpaired) electrons. The molecule has 9 heteroatoms. The van der Waals surface area contributed by atoms with E-state index >= 15 is 0 Å². The minimum atomic E-state index is 0.566. The van der Waals surface area contributed by atoms with Crippen LogP contribution in [0.2, 0.25) is 0 Å². The summed E-state index contributed by atoms with van der Waals surface area (Å²) in [5.41, 5.74) is 1.21. The molecule has 0 bridgehead atoms. The van der Waals surface area contributed by atoms with Gasteiger partial charge in [-0.05, 0) is 5.56 Å². The first-order chi connectivity index (χ1) is 12.8. The summed E-state index contributed by atoms with van der Waals surface area (Å²) in [6, 6.07) is 10.3. The van der Waals surface area contributed by atoms with Crippen LogP contribution in [0.3, 0.4) is 0 Å². The van der Waals surface area contributed by atoms with Crippen LogP contribution in [-0.4, -0.2) is 51.3 Å². The van der Waals surface area contributed by atoms with Crippen LogP contribution in [0.25, 0.3) is 0 Å². The third kappa shape index (κ3) is 3.88. The Morgan fingerprint density at radius 3 is 2.58 bits per heavy atom. The molecule has 3 aromatic rings. The first kappa shape index (κ1) is 17.0. The van der Waals surface area contributed by atoms with Gasteiger partial charge in [-0.1, -0.05) is 42.1 Å². The Kier molecular flexibility index (Phi) is 5.16. The molecular weight excluding hydrogens is 352 g/mol. The predicted octanol–water partition coefficient (Wildman–Crippen LogP) is 2.15. The SMILES string of the molecule is Cc1nnc(CSc2nnc(N3CCOCC3)n2Cc2ccccc2)o1. The zero-order valence-corrected chi connectivity index (χ0v) is 15.4. The molecule has 8 nitrogen and oxygen atoms in total. The van der Waals surface area contributed by atoms with Crippen molar-refractivity contribution in [3.8, 4) is 0 Å². The lowest BCUT2D eigenvalue weighted by Crippen LogP contribution is -2.38. The minimum absolute atomic E-state index is 0.566. The first-order valence-corrected chi connectivity index (χ1v) is 9.50. The van der Waals surface area contributed by atoms with E-state index in [0.717, 1.165) is 24.2 Å². The van der Waals surface area contributed by atoms with Gasteiger partial charge in [0.15, 0.2) is 5.16 Å². The predicted molar refractivity (Wildman–Crippen MR) is 97.2 cm³/mol. The molecule has 0 spiro atoms. The molecule has 2 aromatic heterocycles. The number of benzene rings is 1. The summed E-state index contributed by atoms with van der Waals surface area (Å²) < 4.78 is 13.1. The lowest BCUT2D eigenvalue weighted by Gasteiger charge is -2.28. The Morgan fingerprint density at radius 2 is 1.85 bits per heavy atom. The molecule has 4 rings (SSSR count). The van der Waals surface area contributed by atoms with Crippen LogP contribution in [0.1, 0.15) is 17.3 Å². The molecule has 1 aromatic carbocycles. The van der Waals surface area contributed by atoms with Gasteiger partial charge in [0.2, 0.25) is 17.7 Å². The number of anilines is 1. The van der Waals surface area contributed by atoms with E-state index in [4.69, 9.17) is 9.15 Å². The highest BCUT2D eigenvalue weighted by atomic mass is 32.2. The van der Waals surface area contributed by atoms with Gasteiger partial charge in [-0.3, -0.25) is 4.57 Å². The van der Waals surface area contributed by atoms with Gasteiger partial charge in [-0.25, -0.2) is 0 Å². The largest absolute Gasteiger partial charge is 0.425 e. The number of hydrogen-bond acceptors (Lipinski definition) is 8. The molecule has 0 atom stereocenters. The fourth-order valence-corrected chi connectivity index (χ4v) is 3.58.